The van der Waals surface area contributed by atoms with Gasteiger partial charge < -0.3 is 19.9 Å². The average Bonchev–Trinajstić information content (AvgIpc) is 3.53. The molecule has 5 rings (SSSR count). The van der Waals surface area contributed by atoms with Crippen molar-refractivity contribution in [3.8, 4) is 5.75 Å². The van der Waals surface area contributed by atoms with Crippen LogP contribution < -0.4 is 20.5 Å². The van der Waals surface area contributed by atoms with Gasteiger partial charge in [-0.3, -0.25) is 19.0 Å². The number of amides is 2. The van der Waals surface area contributed by atoms with Crippen LogP contribution in [0.4, 0.5) is 5.69 Å². The number of benzene rings is 1. The van der Waals surface area contributed by atoms with Gasteiger partial charge >= 0.3 is 0 Å². The van der Waals surface area contributed by atoms with Crippen molar-refractivity contribution in [3.05, 3.63) is 51.4 Å². The molecule has 36 heavy (non-hydrogen) atoms. The summed E-state index contributed by atoms with van der Waals surface area (Å²) in [5.41, 5.74) is 1.43. The van der Waals surface area contributed by atoms with Crippen molar-refractivity contribution in [1.29, 1.82) is 0 Å². The quantitative estimate of drug-likeness (QED) is 0.549. The molecule has 10 heteroatoms. The van der Waals surface area contributed by atoms with E-state index in [0.29, 0.717) is 46.8 Å². The highest BCUT2D eigenvalue weighted by Gasteiger charge is 2.27. The van der Waals surface area contributed by atoms with Crippen molar-refractivity contribution in [1.82, 2.24) is 19.8 Å². The fraction of sp³-hybridized carbons (Fsp3) is 0.462. The third-order valence-electron chi connectivity index (χ3n) is 7.13. The summed E-state index contributed by atoms with van der Waals surface area (Å²) in [6.07, 6.45) is 5.64. The van der Waals surface area contributed by atoms with Crippen molar-refractivity contribution in [2.24, 2.45) is 0 Å². The van der Waals surface area contributed by atoms with Gasteiger partial charge in [-0.25, -0.2) is 4.98 Å². The first-order valence-corrected chi connectivity index (χ1v) is 13.2. The molecule has 2 aromatic heterocycles. The van der Waals surface area contributed by atoms with E-state index in [-0.39, 0.29) is 30.0 Å². The van der Waals surface area contributed by atoms with Crippen molar-refractivity contribution >= 4 is 39.1 Å². The number of thiophene rings is 1. The predicted octanol–water partition coefficient (Wildman–Crippen LogP) is 2.80. The lowest BCUT2D eigenvalue weighted by Gasteiger charge is -2.36. The van der Waals surface area contributed by atoms with Gasteiger partial charge in [0, 0.05) is 44.0 Å². The summed E-state index contributed by atoms with van der Waals surface area (Å²) in [6, 6.07) is 8.11. The first-order valence-electron chi connectivity index (χ1n) is 12.4. The summed E-state index contributed by atoms with van der Waals surface area (Å²) in [6.45, 7) is 4.33. The second-order valence-electron chi connectivity index (χ2n) is 9.44. The number of nitrogens with zero attached hydrogens (tertiary/aromatic N) is 4. The summed E-state index contributed by atoms with van der Waals surface area (Å²) in [4.78, 5) is 48.6. The minimum Gasteiger partial charge on any atom is -0.497 e. The van der Waals surface area contributed by atoms with Gasteiger partial charge in [0.25, 0.3) is 11.5 Å². The van der Waals surface area contributed by atoms with E-state index < -0.39 is 0 Å². The monoisotopic (exact) mass is 509 g/mol. The Morgan fingerprint density at radius 3 is 2.64 bits per heavy atom. The van der Waals surface area contributed by atoms with Gasteiger partial charge in [0.15, 0.2) is 0 Å². The van der Waals surface area contributed by atoms with E-state index in [4.69, 9.17) is 4.74 Å². The highest BCUT2D eigenvalue weighted by molar-refractivity contribution is 7.20. The topological polar surface area (TPSA) is 96.8 Å². The molecule has 3 aromatic rings. The average molecular weight is 510 g/mol. The Bertz CT molecular complexity index is 1340. The minimum atomic E-state index is -0.280. The van der Waals surface area contributed by atoms with Gasteiger partial charge in [-0.2, -0.15) is 0 Å². The van der Waals surface area contributed by atoms with Crippen LogP contribution in [0.3, 0.4) is 0 Å². The molecule has 9 nitrogen and oxygen atoms in total. The third-order valence-corrected chi connectivity index (χ3v) is 8.32. The molecule has 1 saturated carbocycles. The van der Waals surface area contributed by atoms with Crippen LogP contribution in [0.15, 0.2) is 35.4 Å². The van der Waals surface area contributed by atoms with Crippen LogP contribution in [0.1, 0.15) is 40.9 Å². The predicted molar refractivity (Wildman–Crippen MR) is 140 cm³/mol. The van der Waals surface area contributed by atoms with E-state index in [0.717, 1.165) is 37.1 Å². The third kappa shape index (κ3) is 4.82. The van der Waals surface area contributed by atoms with Crippen molar-refractivity contribution < 1.29 is 14.3 Å². The van der Waals surface area contributed by atoms with Gasteiger partial charge in [0.05, 0.1) is 23.7 Å². The van der Waals surface area contributed by atoms with E-state index in [1.165, 1.54) is 22.2 Å². The first kappa shape index (κ1) is 24.3. The Hall–Kier alpha value is -3.40. The zero-order valence-corrected chi connectivity index (χ0v) is 21.5. The molecule has 2 aliphatic rings. The van der Waals surface area contributed by atoms with E-state index in [2.05, 4.69) is 15.2 Å². The lowest BCUT2D eigenvalue weighted by molar-refractivity contribution is -0.122. The van der Waals surface area contributed by atoms with Crippen LogP contribution in [0, 0.1) is 6.92 Å². The number of hydrogen-bond acceptors (Lipinski definition) is 7. The van der Waals surface area contributed by atoms with Crippen molar-refractivity contribution in [2.75, 3.05) is 38.2 Å². The highest BCUT2D eigenvalue weighted by atomic mass is 32.1. The number of nitrogens with one attached hydrogen (secondary N) is 1. The molecule has 1 aliphatic heterocycles. The molecule has 3 heterocycles. The summed E-state index contributed by atoms with van der Waals surface area (Å²) < 4.78 is 6.67. The molecule has 0 radical (unpaired) electrons. The van der Waals surface area contributed by atoms with Gasteiger partial charge in [-0.1, -0.05) is 18.9 Å². The summed E-state index contributed by atoms with van der Waals surface area (Å²) >= 11 is 1.25. The van der Waals surface area contributed by atoms with E-state index in [1.807, 2.05) is 29.2 Å². The number of ether oxygens (including phenoxy) is 1. The van der Waals surface area contributed by atoms with E-state index in [9.17, 15) is 14.4 Å². The molecule has 1 saturated heterocycles. The van der Waals surface area contributed by atoms with Crippen LogP contribution in [0.25, 0.3) is 10.2 Å². The molecule has 0 bridgehead atoms. The lowest BCUT2D eigenvalue weighted by atomic mass is 10.2. The molecule has 190 valence electrons. The molecular weight excluding hydrogens is 478 g/mol. The standard InChI is InChI=1S/C26H31N5O4S/c1-17-22-24(27-16-31(25(22)33)15-21(32)28-18-6-3-4-7-18)36-23(17)26(34)30-12-10-29(11-13-30)19-8-5-9-20(14-19)35-2/h5,8-9,14,16,18H,3-4,6-7,10-13,15H2,1-2H3,(H,28,32). The largest absolute Gasteiger partial charge is 0.497 e. The van der Waals surface area contributed by atoms with Crippen molar-refractivity contribution in [2.45, 2.75) is 45.2 Å². The zero-order valence-electron chi connectivity index (χ0n) is 20.7. The molecule has 0 spiro atoms. The molecule has 2 fully saturated rings. The fourth-order valence-electron chi connectivity index (χ4n) is 5.09. The number of rotatable bonds is 6. The van der Waals surface area contributed by atoms with Gasteiger partial charge in [-0.15, -0.1) is 11.3 Å². The minimum absolute atomic E-state index is 0.0664. The normalized spacial score (nSPS) is 16.5. The molecule has 0 atom stereocenters. The molecular formula is C26H31N5O4S. The maximum atomic E-state index is 13.4. The Kier molecular flexibility index (Phi) is 6.95. The van der Waals surface area contributed by atoms with Gasteiger partial charge in [-0.05, 0) is 37.5 Å². The van der Waals surface area contributed by atoms with Crippen LogP contribution in [-0.2, 0) is 11.3 Å². The SMILES string of the molecule is COc1cccc(N2CCN(C(=O)c3sc4ncn(CC(=O)NC5CCCC5)c(=O)c4c3C)CC2)c1. The van der Waals surface area contributed by atoms with Crippen LogP contribution >= 0.6 is 11.3 Å². The molecule has 1 aromatic carbocycles. The van der Waals surface area contributed by atoms with Gasteiger partial charge in [0.2, 0.25) is 5.91 Å². The molecule has 2 amide bonds. The first-order chi connectivity index (χ1) is 17.4. The van der Waals surface area contributed by atoms with Crippen molar-refractivity contribution in [3.63, 3.8) is 0 Å². The number of fused-ring (bicyclic) bond motifs is 1. The highest BCUT2D eigenvalue weighted by Crippen LogP contribution is 2.29. The second-order valence-corrected chi connectivity index (χ2v) is 10.4. The van der Waals surface area contributed by atoms with E-state index in [1.54, 1.807) is 14.0 Å². The smallest absolute Gasteiger partial charge is 0.264 e. The number of aromatic nitrogens is 2. The number of anilines is 1. The molecule has 0 unspecified atom stereocenters. The summed E-state index contributed by atoms with van der Waals surface area (Å²) in [5, 5.41) is 3.44. The Morgan fingerprint density at radius 1 is 1.17 bits per heavy atom. The maximum Gasteiger partial charge on any atom is 0.264 e. The second kappa shape index (κ2) is 10.3. The number of hydrogen-bond donors (Lipinski definition) is 1. The Morgan fingerprint density at radius 2 is 1.92 bits per heavy atom. The maximum absolute atomic E-state index is 13.4. The Labute approximate surface area is 213 Å². The summed E-state index contributed by atoms with van der Waals surface area (Å²) in [7, 11) is 1.65. The van der Waals surface area contributed by atoms with E-state index >= 15 is 0 Å². The van der Waals surface area contributed by atoms with Crippen LogP contribution in [0.2, 0.25) is 0 Å². The van der Waals surface area contributed by atoms with Gasteiger partial charge in [0.1, 0.15) is 17.1 Å². The van der Waals surface area contributed by atoms with Crippen LogP contribution in [-0.4, -0.2) is 65.6 Å². The molecule has 1 aliphatic carbocycles. The summed E-state index contributed by atoms with van der Waals surface area (Å²) in [5.74, 6) is 0.551. The number of carbonyl (C=O) groups is 2. The van der Waals surface area contributed by atoms with Crippen LogP contribution in [0.5, 0.6) is 5.75 Å². The number of aryl methyl sites for hydroxylation is 1. The zero-order chi connectivity index (χ0) is 25.2. The number of piperazine rings is 1. The lowest BCUT2D eigenvalue weighted by Crippen LogP contribution is -2.48. The molecule has 1 N–H and O–H groups in total. The number of methoxy groups -OCH3 is 1. The Balaban J connectivity index is 1.29. The fourth-order valence-corrected chi connectivity index (χ4v) is 6.20. The number of carbonyl (C=O) groups excluding carboxylic acids is 2.